The van der Waals surface area contributed by atoms with Gasteiger partial charge in [-0.15, -0.1) is 0 Å². The Morgan fingerprint density at radius 3 is 2.67 bits per heavy atom. The summed E-state index contributed by atoms with van der Waals surface area (Å²) in [6.07, 6.45) is 1.52. The van der Waals surface area contributed by atoms with Crippen molar-refractivity contribution in [3.63, 3.8) is 0 Å². The molecule has 116 valence electrons. The minimum absolute atomic E-state index is 0.0838. The Balaban J connectivity index is 2.14. The molecule has 6 nitrogen and oxygen atoms in total. The van der Waals surface area contributed by atoms with E-state index in [0.29, 0.717) is 12.1 Å². The molecule has 0 atom stereocenters. The molecule has 2 rings (SSSR count). The topological polar surface area (TPSA) is 91.3 Å². The number of hydrogen-bond donors (Lipinski definition) is 3. The van der Waals surface area contributed by atoms with Gasteiger partial charge in [-0.3, -0.25) is 4.90 Å². The SMILES string of the molecule is COc1ccc(/C(N)=N/O)cc1CN1CCC(C)(O)CC1. The first kappa shape index (κ1) is 15.6. The van der Waals surface area contributed by atoms with Crippen LogP contribution >= 0.6 is 0 Å². The van der Waals surface area contributed by atoms with Crippen molar-refractivity contribution in [3.8, 4) is 5.75 Å². The lowest BCUT2D eigenvalue weighted by Gasteiger charge is -2.36. The molecule has 1 aliphatic heterocycles. The first-order valence-corrected chi connectivity index (χ1v) is 7.05. The van der Waals surface area contributed by atoms with Crippen LogP contribution in [-0.2, 0) is 6.54 Å². The summed E-state index contributed by atoms with van der Waals surface area (Å²) in [7, 11) is 1.63. The summed E-state index contributed by atoms with van der Waals surface area (Å²) in [5, 5.41) is 21.8. The molecule has 0 unspecified atom stereocenters. The minimum Gasteiger partial charge on any atom is -0.496 e. The van der Waals surface area contributed by atoms with E-state index in [4.69, 9.17) is 15.7 Å². The summed E-state index contributed by atoms with van der Waals surface area (Å²) in [6.45, 7) is 4.27. The van der Waals surface area contributed by atoms with Crippen molar-refractivity contribution in [2.24, 2.45) is 10.9 Å². The van der Waals surface area contributed by atoms with E-state index in [2.05, 4.69) is 10.1 Å². The van der Waals surface area contributed by atoms with E-state index in [-0.39, 0.29) is 5.84 Å². The molecule has 0 spiro atoms. The third-order valence-electron chi connectivity index (χ3n) is 4.01. The molecule has 6 heteroatoms. The van der Waals surface area contributed by atoms with Gasteiger partial charge in [0.05, 0.1) is 12.7 Å². The maximum absolute atomic E-state index is 10.00. The fourth-order valence-electron chi connectivity index (χ4n) is 2.55. The molecule has 0 aromatic heterocycles. The molecule has 0 aliphatic carbocycles. The summed E-state index contributed by atoms with van der Waals surface area (Å²) in [6, 6.07) is 5.46. The molecule has 21 heavy (non-hydrogen) atoms. The van der Waals surface area contributed by atoms with Gasteiger partial charge >= 0.3 is 0 Å². The molecular formula is C15H23N3O3. The fourth-order valence-corrected chi connectivity index (χ4v) is 2.55. The van der Waals surface area contributed by atoms with Crippen LogP contribution < -0.4 is 10.5 Å². The highest BCUT2D eigenvalue weighted by molar-refractivity contribution is 5.97. The predicted molar refractivity (Wildman–Crippen MR) is 80.6 cm³/mol. The second kappa shape index (κ2) is 6.32. The van der Waals surface area contributed by atoms with Gasteiger partial charge in [0.15, 0.2) is 5.84 Å². The molecule has 0 saturated carbocycles. The summed E-state index contributed by atoms with van der Waals surface area (Å²) in [4.78, 5) is 2.27. The van der Waals surface area contributed by atoms with Crippen LogP contribution in [0.3, 0.4) is 0 Å². The van der Waals surface area contributed by atoms with Crippen LogP contribution in [0.5, 0.6) is 5.75 Å². The molecule has 1 fully saturated rings. The fraction of sp³-hybridized carbons (Fsp3) is 0.533. The number of methoxy groups -OCH3 is 1. The number of nitrogens with zero attached hydrogens (tertiary/aromatic N) is 2. The molecule has 0 bridgehead atoms. The van der Waals surface area contributed by atoms with Gasteiger partial charge in [-0.2, -0.15) is 0 Å². The number of ether oxygens (including phenoxy) is 1. The molecule has 1 aromatic rings. The van der Waals surface area contributed by atoms with Crippen molar-refractivity contribution in [1.82, 2.24) is 4.90 Å². The number of likely N-dealkylation sites (tertiary alicyclic amines) is 1. The first-order valence-electron chi connectivity index (χ1n) is 7.05. The first-order chi connectivity index (χ1) is 9.95. The largest absolute Gasteiger partial charge is 0.496 e. The molecule has 1 aliphatic rings. The van der Waals surface area contributed by atoms with E-state index in [9.17, 15) is 5.11 Å². The third-order valence-corrected chi connectivity index (χ3v) is 4.01. The van der Waals surface area contributed by atoms with Crippen molar-refractivity contribution in [2.75, 3.05) is 20.2 Å². The Labute approximate surface area is 124 Å². The third kappa shape index (κ3) is 3.86. The van der Waals surface area contributed by atoms with Crippen LogP contribution in [0.2, 0.25) is 0 Å². The summed E-state index contributed by atoms with van der Waals surface area (Å²) in [5.41, 5.74) is 6.73. The molecule has 0 radical (unpaired) electrons. The normalized spacial score (nSPS) is 19.5. The summed E-state index contributed by atoms with van der Waals surface area (Å²) >= 11 is 0. The van der Waals surface area contributed by atoms with E-state index < -0.39 is 5.60 Å². The number of nitrogens with two attached hydrogens (primary N) is 1. The minimum atomic E-state index is -0.559. The Hall–Kier alpha value is -1.79. The number of oxime groups is 1. The average Bonchev–Trinajstić information content (AvgIpc) is 2.48. The number of hydrogen-bond acceptors (Lipinski definition) is 5. The van der Waals surface area contributed by atoms with Gasteiger partial charge in [0.1, 0.15) is 5.75 Å². The van der Waals surface area contributed by atoms with E-state index in [1.165, 1.54) is 0 Å². The maximum Gasteiger partial charge on any atom is 0.170 e. The van der Waals surface area contributed by atoms with E-state index in [1.54, 1.807) is 13.2 Å². The van der Waals surface area contributed by atoms with Gasteiger partial charge in [-0.25, -0.2) is 0 Å². The Kier molecular flexibility index (Phi) is 4.69. The molecule has 1 saturated heterocycles. The van der Waals surface area contributed by atoms with Crippen molar-refractivity contribution < 1.29 is 15.1 Å². The van der Waals surface area contributed by atoms with E-state index in [0.717, 1.165) is 37.2 Å². The lowest BCUT2D eigenvalue weighted by molar-refractivity contribution is -0.00742. The smallest absolute Gasteiger partial charge is 0.170 e. The van der Waals surface area contributed by atoms with Crippen molar-refractivity contribution in [3.05, 3.63) is 29.3 Å². The summed E-state index contributed by atoms with van der Waals surface area (Å²) < 4.78 is 5.38. The molecule has 4 N–H and O–H groups in total. The van der Waals surface area contributed by atoms with Crippen molar-refractivity contribution in [1.29, 1.82) is 0 Å². The average molecular weight is 293 g/mol. The van der Waals surface area contributed by atoms with Gasteiger partial charge in [0.25, 0.3) is 0 Å². The second-order valence-corrected chi connectivity index (χ2v) is 5.78. The Morgan fingerprint density at radius 1 is 1.43 bits per heavy atom. The molecule has 0 amide bonds. The number of aliphatic hydroxyl groups is 1. The molecule has 1 heterocycles. The van der Waals surface area contributed by atoms with Crippen LogP contribution in [0, 0.1) is 0 Å². The number of amidine groups is 1. The quantitative estimate of drug-likeness (QED) is 0.335. The standard InChI is InChI=1S/C15H23N3O3/c1-15(19)5-7-18(8-6-15)10-12-9-11(14(16)17-20)3-4-13(12)21-2/h3-4,9,19-20H,5-8,10H2,1-2H3,(H2,16,17). The highest BCUT2D eigenvalue weighted by atomic mass is 16.5. The van der Waals surface area contributed by atoms with Crippen LogP contribution in [-0.4, -0.2) is 46.8 Å². The van der Waals surface area contributed by atoms with Crippen molar-refractivity contribution in [2.45, 2.75) is 31.9 Å². The molecule has 1 aromatic carbocycles. The van der Waals surface area contributed by atoms with Crippen LogP contribution in [0.4, 0.5) is 0 Å². The van der Waals surface area contributed by atoms with Gasteiger partial charge in [0, 0.05) is 30.8 Å². The van der Waals surface area contributed by atoms with Crippen molar-refractivity contribution >= 4 is 5.84 Å². The zero-order valence-electron chi connectivity index (χ0n) is 12.5. The van der Waals surface area contributed by atoms with Crippen LogP contribution in [0.25, 0.3) is 0 Å². The second-order valence-electron chi connectivity index (χ2n) is 5.78. The monoisotopic (exact) mass is 293 g/mol. The highest BCUT2D eigenvalue weighted by Crippen LogP contribution is 2.26. The lowest BCUT2D eigenvalue weighted by atomic mass is 9.93. The summed E-state index contributed by atoms with van der Waals surface area (Å²) in [5.74, 6) is 0.863. The highest BCUT2D eigenvalue weighted by Gasteiger charge is 2.27. The van der Waals surface area contributed by atoms with Gasteiger partial charge in [0.2, 0.25) is 0 Å². The van der Waals surface area contributed by atoms with Gasteiger partial charge in [-0.05, 0) is 38.0 Å². The number of rotatable bonds is 4. The van der Waals surface area contributed by atoms with E-state index in [1.807, 2.05) is 19.1 Å². The number of benzene rings is 1. The molecular weight excluding hydrogens is 270 g/mol. The maximum atomic E-state index is 10.00. The van der Waals surface area contributed by atoms with Crippen LogP contribution in [0.15, 0.2) is 23.4 Å². The Morgan fingerprint density at radius 2 is 2.10 bits per heavy atom. The zero-order valence-corrected chi connectivity index (χ0v) is 12.5. The van der Waals surface area contributed by atoms with Gasteiger partial charge < -0.3 is 20.8 Å². The van der Waals surface area contributed by atoms with Crippen LogP contribution in [0.1, 0.15) is 30.9 Å². The lowest BCUT2D eigenvalue weighted by Crippen LogP contribution is -2.42. The van der Waals surface area contributed by atoms with E-state index >= 15 is 0 Å². The zero-order chi connectivity index (χ0) is 15.5. The number of piperidine rings is 1. The van der Waals surface area contributed by atoms with Gasteiger partial charge in [-0.1, -0.05) is 5.16 Å². The Bertz CT molecular complexity index is 519. The predicted octanol–water partition coefficient (Wildman–Crippen LogP) is 1.14.